The summed E-state index contributed by atoms with van der Waals surface area (Å²) in [5.74, 6) is -2.21. The second-order valence-electron chi connectivity index (χ2n) is 2.71. The summed E-state index contributed by atoms with van der Waals surface area (Å²) < 4.78 is 0. The molecule has 0 aliphatic carbocycles. The van der Waals surface area contributed by atoms with Crippen LogP contribution in [0.15, 0.2) is 18.5 Å². The first-order valence-electron chi connectivity index (χ1n) is 3.77. The lowest BCUT2D eigenvalue weighted by atomic mass is 10.1. The van der Waals surface area contributed by atoms with Gasteiger partial charge < -0.3 is 5.11 Å². The number of hydrogen-bond acceptors (Lipinski definition) is 3. The van der Waals surface area contributed by atoms with E-state index in [1.165, 1.54) is 6.20 Å². The van der Waals surface area contributed by atoms with E-state index in [-0.39, 0.29) is 6.42 Å². The maximum absolute atomic E-state index is 10.8. The molecule has 0 aliphatic rings. The lowest BCUT2D eigenvalue weighted by Crippen LogP contribution is -2.15. The number of aliphatic carboxylic acids is 1. The van der Waals surface area contributed by atoms with Crippen molar-refractivity contribution in [3.8, 4) is 0 Å². The average molecular weight is 179 g/mol. The molecule has 0 radical (unpaired) electrons. The van der Waals surface area contributed by atoms with E-state index in [0.29, 0.717) is 5.56 Å². The first-order chi connectivity index (χ1) is 6.11. The lowest BCUT2D eigenvalue weighted by Gasteiger charge is -2.00. The van der Waals surface area contributed by atoms with Crippen LogP contribution in [-0.4, -0.2) is 21.8 Å². The van der Waals surface area contributed by atoms with E-state index >= 15 is 0 Å². The molecule has 4 heteroatoms. The SMILES string of the molecule is Cc1ccncc1CC(=O)C(=O)O. The molecule has 1 heterocycles. The van der Waals surface area contributed by atoms with Crippen molar-refractivity contribution in [2.75, 3.05) is 0 Å². The van der Waals surface area contributed by atoms with Gasteiger partial charge in [0, 0.05) is 18.8 Å². The number of carbonyl (C=O) groups excluding carboxylic acids is 1. The van der Waals surface area contributed by atoms with Crippen molar-refractivity contribution in [3.05, 3.63) is 29.6 Å². The third-order valence-corrected chi connectivity index (χ3v) is 1.74. The van der Waals surface area contributed by atoms with E-state index < -0.39 is 11.8 Å². The Morgan fingerprint density at radius 2 is 2.23 bits per heavy atom. The first kappa shape index (κ1) is 9.38. The Labute approximate surface area is 75.2 Å². The number of aromatic nitrogens is 1. The number of carboxylic acid groups (broad SMARTS) is 1. The smallest absolute Gasteiger partial charge is 0.372 e. The molecule has 0 bridgehead atoms. The molecule has 0 fully saturated rings. The van der Waals surface area contributed by atoms with Crippen LogP contribution in [-0.2, 0) is 16.0 Å². The molecular weight excluding hydrogens is 170 g/mol. The van der Waals surface area contributed by atoms with Crippen LogP contribution in [0.4, 0.5) is 0 Å². The van der Waals surface area contributed by atoms with Gasteiger partial charge >= 0.3 is 5.97 Å². The van der Waals surface area contributed by atoms with Crippen molar-refractivity contribution in [2.45, 2.75) is 13.3 Å². The highest BCUT2D eigenvalue weighted by Gasteiger charge is 2.12. The molecule has 1 rings (SSSR count). The molecule has 0 aromatic carbocycles. The summed E-state index contributed by atoms with van der Waals surface area (Å²) in [5.41, 5.74) is 1.54. The highest BCUT2D eigenvalue weighted by atomic mass is 16.4. The van der Waals surface area contributed by atoms with Gasteiger partial charge in [-0.25, -0.2) is 4.79 Å². The average Bonchev–Trinajstić information content (AvgIpc) is 2.08. The highest BCUT2D eigenvalue weighted by Crippen LogP contribution is 2.05. The van der Waals surface area contributed by atoms with Crippen molar-refractivity contribution in [2.24, 2.45) is 0 Å². The summed E-state index contributed by atoms with van der Waals surface area (Å²) in [7, 11) is 0. The van der Waals surface area contributed by atoms with E-state index in [1.807, 2.05) is 6.92 Å². The van der Waals surface area contributed by atoms with Gasteiger partial charge in [-0.05, 0) is 24.1 Å². The van der Waals surface area contributed by atoms with E-state index in [0.717, 1.165) is 5.56 Å². The molecule has 0 spiro atoms. The standard InChI is InChI=1S/C9H9NO3/c1-6-2-3-10-5-7(6)4-8(11)9(12)13/h2-3,5H,4H2,1H3,(H,12,13). The molecular formula is C9H9NO3. The Kier molecular flexibility index (Phi) is 2.74. The Bertz CT molecular complexity index is 346. The van der Waals surface area contributed by atoms with Crippen molar-refractivity contribution in [1.82, 2.24) is 4.98 Å². The van der Waals surface area contributed by atoms with E-state index in [2.05, 4.69) is 4.98 Å². The normalized spacial score (nSPS) is 9.62. The Morgan fingerprint density at radius 3 is 2.77 bits per heavy atom. The second-order valence-corrected chi connectivity index (χ2v) is 2.71. The van der Waals surface area contributed by atoms with Gasteiger partial charge in [-0.3, -0.25) is 9.78 Å². The molecule has 4 nitrogen and oxygen atoms in total. The van der Waals surface area contributed by atoms with Crippen LogP contribution in [0, 0.1) is 6.92 Å². The minimum Gasteiger partial charge on any atom is -0.475 e. The molecule has 0 saturated heterocycles. The minimum absolute atomic E-state index is 0.0883. The fourth-order valence-corrected chi connectivity index (χ4v) is 0.930. The van der Waals surface area contributed by atoms with Crippen molar-refractivity contribution in [1.29, 1.82) is 0 Å². The van der Waals surface area contributed by atoms with Gasteiger partial charge in [-0.1, -0.05) is 0 Å². The van der Waals surface area contributed by atoms with Gasteiger partial charge in [0.05, 0.1) is 0 Å². The Morgan fingerprint density at radius 1 is 1.54 bits per heavy atom. The number of carbonyl (C=O) groups is 2. The molecule has 68 valence electrons. The summed E-state index contributed by atoms with van der Waals surface area (Å²) in [6.07, 6.45) is 3.02. The fourth-order valence-electron chi connectivity index (χ4n) is 0.930. The number of carboxylic acids is 1. The maximum Gasteiger partial charge on any atom is 0.372 e. The van der Waals surface area contributed by atoms with Crippen LogP contribution in [0.3, 0.4) is 0 Å². The van der Waals surface area contributed by atoms with Gasteiger partial charge in [0.2, 0.25) is 5.78 Å². The molecule has 1 aromatic rings. The number of aryl methyl sites for hydroxylation is 1. The monoisotopic (exact) mass is 179 g/mol. The summed E-state index contributed by atoms with van der Waals surface area (Å²) in [6.45, 7) is 1.81. The largest absolute Gasteiger partial charge is 0.475 e. The predicted molar refractivity (Wildman–Crippen MR) is 45.3 cm³/mol. The zero-order valence-electron chi connectivity index (χ0n) is 7.15. The van der Waals surface area contributed by atoms with Crippen molar-refractivity contribution in [3.63, 3.8) is 0 Å². The van der Waals surface area contributed by atoms with Crippen molar-refractivity contribution < 1.29 is 14.7 Å². The topological polar surface area (TPSA) is 67.3 Å². The van der Waals surface area contributed by atoms with Crippen LogP contribution < -0.4 is 0 Å². The van der Waals surface area contributed by atoms with Crippen molar-refractivity contribution >= 4 is 11.8 Å². The Hall–Kier alpha value is -1.71. The van der Waals surface area contributed by atoms with Crippen LogP contribution >= 0.6 is 0 Å². The van der Waals surface area contributed by atoms with Gasteiger partial charge in [0.15, 0.2) is 0 Å². The molecule has 0 amide bonds. The quantitative estimate of drug-likeness (QED) is 0.689. The third-order valence-electron chi connectivity index (χ3n) is 1.74. The van der Waals surface area contributed by atoms with Crippen LogP contribution in [0.25, 0.3) is 0 Å². The minimum atomic E-state index is -1.40. The number of Topliss-reactive ketones (excluding diaryl/α,β-unsaturated/α-hetero) is 1. The molecule has 13 heavy (non-hydrogen) atoms. The zero-order chi connectivity index (χ0) is 9.84. The number of rotatable bonds is 3. The molecule has 0 atom stereocenters. The van der Waals surface area contributed by atoms with E-state index in [9.17, 15) is 9.59 Å². The summed E-state index contributed by atoms with van der Waals surface area (Å²) in [4.78, 5) is 24.9. The summed E-state index contributed by atoms with van der Waals surface area (Å²) in [6, 6.07) is 1.74. The van der Waals surface area contributed by atoms with Gasteiger partial charge in [0.25, 0.3) is 0 Å². The molecule has 1 aromatic heterocycles. The number of hydrogen-bond donors (Lipinski definition) is 1. The first-order valence-corrected chi connectivity index (χ1v) is 3.77. The molecule has 0 aliphatic heterocycles. The van der Waals surface area contributed by atoms with Crippen LogP contribution in [0.2, 0.25) is 0 Å². The third kappa shape index (κ3) is 2.37. The van der Waals surface area contributed by atoms with Gasteiger partial charge in [-0.15, -0.1) is 0 Å². The van der Waals surface area contributed by atoms with Gasteiger partial charge in [0.1, 0.15) is 0 Å². The predicted octanol–water partition coefficient (Wildman–Crippen LogP) is 0.586. The maximum atomic E-state index is 10.8. The molecule has 0 saturated carbocycles. The highest BCUT2D eigenvalue weighted by molar-refractivity contribution is 6.33. The lowest BCUT2D eigenvalue weighted by molar-refractivity contribution is -0.148. The Balaban J connectivity index is 2.81. The summed E-state index contributed by atoms with van der Waals surface area (Å²) in [5, 5.41) is 8.36. The number of pyridine rings is 1. The van der Waals surface area contributed by atoms with E-state index in [4.69, 9.17) is 5.11 Å². The van der Waals surface area contributed by atoms with Crippen LogP contribution in [0.5, 0.6) is 0 Å². The molecule has 1 N–H and O–H groups in total. The fraction of sp³-hybridized carbons (Fsp3) is 0.222. The molecule has 0 unspecified atom stereocenters. The van der Waals surface area contributed by atoms with E-state index in [1.54, 1.807) is 12.3 Å². The van der Waals surface area contributed by atoms with Crippen LogP contribution in [0.1, 0.15) is 11.1 Å². The number of ketones is 1. The van der Waals surface area contributed by atoms with Gasteiger partial charge in [-0.2, -0.15) is 0 Å². The second kappa shape index (κ2) is 3.80. The zero-order valence-corrected chi connectivity index (χ0v) is 7.15. The number of nitrogens with zero attached hydrogens (tertiary/aromatic N) is 1. The summed E-state index contributed by atoms with van der Waals surface area (Å²) >= 11 is 0.